The van der Waals surface area contributed by atoms with Gasteiger partial charge in [0.15, 0.2) is 0 Å². The van der Waals surface area contributed by atoms with Gasteiger partial charge in [-0.1, -0.05) is 25.1 Å². The highest BCUT2D eigenvalue weighted by molar-refractivity contribution is 5.83. The van der Waals surface area contributed by atoms with Crippen molar-refractivity contribution < 1.29 is 14.3 Å². The molecule has 1 aliphatic heterocycles. The summed E-state index contributed by atoms with van der Waals surface area (Å²) >= 11 is 0. The standard InChI is InChI=1S/C21H28N2O3/c1-3-21(12-9-20(25)26-2)11-8-19(24)23(15-21)13-10-16-14-22-18-7-5-4-6-17(16)18/h4-7,14,22H,3,8-13,15H2,1-2H3. The van der Waals surface area contributed by atoms with Crippen molar-refractivity contribution in [2.45, 2.75) is 45.4 Å². The third-order valence-corrected chi connectivity index (χ3v) is 5.91. The average molecular weight is 356 g/mol. The van der Waals surface area contributed by atoms with Crippen molar-refractivity contribution in [1.82, 2.24) is 9.88 Å². The van der Waals surface area contributed by atoms with E-state index in [1.165, 1.54) is 18.1 Å². The molecule has 0 aliphatic carbocycles. The van der Waals surface area contributed by atoms with Crippen LogP contribution in [0.5, 0.6) is 0 Å². The predicted octanol–water partition coefficient (Wildman–Crippen LogP) is 3.68. The van der Waals surface area contributed by atoms with E-state index in [9.17, 15) is 9.59 Å². The molecule has 1 amide bonds. The van der Waals surface area contributed by atoms with Crippen molar-refractivity contribution >= 4 is 22.8 Å². The first-order valence-corrected chi connectivity index (χ1v) is 9.46. The number of likely N-dealkylation sites (tertiary alicyclic amines) is 1. The van der Waals surface area contributed by atoms with Gasteiger partial charge in [-0.15, -0.1) is 0 Å². The van der Waals surface area contributed by atoms with Crippen molar-refractivity contribution in [2.75, 3.05) is 20.2 Å². The van der Waals surface area contributed by atoms with E-state index in [-0.39, 0.29) is 17.3 Å². The van der Waals surface area contributed by atoms with E-state index in [1.807, 2.05) is 23.2 Å². The van der Waals surface area contributed by atoms with Gasteiger partial charge in [0.1, 0.15) is 0 Å². The lowest BCUT2D eigenvalue weighted by Crippen LogP contribution is -2.47. The Labute approximate surface area is 154 Å². The highest BCUT2D eigenvalue weighted by Gasteiger charge is 2.37. The summed E-state index contributed by atoms with van der Waals surface area (Å²) in [4.78, 5) is 29.3. The number of carbonyl (C=O) groups excluding carboxylic acids is 2. The summed E-state index contributed by atoms with van der Waals surface area (Å²) in [5.74, 6) is 0.0621. The first-order valence-electron chi connectivity index (χ1n) is 9.46. The van der Waals surface area contributed by atoms with Gasteiger partial charge < -0.3 is 14.6 Å². The van der Waals surface area contributed by atoms with E-state index in [2.05, 4.69) is 24.0 Å². The number of esters is 1. The molecule has 1 fully saturated rings. The van der Waals surface area contributed by atoms with Crippen molar-refractivity contribution in [3.63, 3.8) is 0 Å². The predicted molar refractivity (Wildman–Crippen MR) is 102 cm³/mol. The molecule has 2 aromatic rings. The zero-order valence-corrected chi connectivity index (χ0v) is 15.7. The molecule has 1 aromatic heterocycles. The Morgan fingerprint density at radius 2 is 2.15 bits per heavy atom. The molecule has 0 spiro atoms. The Balaban J connectivity index is 1.66. The SMILES string of the molecule is CCC1(CCC(=O)OC)CCC(=O)N(CCc2c[nH]c3ccccc23)C1. The molecular formula is C21H28N2O3. The molecule has 26 heavy (non-hydrogen) atoms. The Kier molecular flexibility index (Phi) is 5.64. The number of nitrogens with zero attached hydrogens (tertiary/aromatic N) is 1. The van der Waals surface area contributed by atoms with Gasteiger partial charge in [-0.05, 0) is 42.7 Å². The van der Waals surface area contributed by atoms with Crippen LogP contribution in [0.3, 0.4) is 0 Å². The Morgan fingerprint density at radius 1 is 1.35 bits per heavy atom. The summed E-state index contributed by atoms with van der Waals surface area (Å²) in [7, 11) is 1.43. The van der Waals surface area contributed by atoms with Gasteiger partial charge in [0, 0.05) is 43.0 Å². The van der Waals surface area contributed by atoms with E-state index in [0.29, 0.717) is 12.8 Å². The number of ether oxygens (including phenoxy) is 1. The molecule has 1 atom stereocenters. The van der Waals surface area contributed by atoms with E-state index < -0.39 is 0 Å². The number of rotatable bonds is 7. The number of amides is 1. The molecule has 140 valence electrons. The zero-order chi connectivity index (χ0) is 18.6. The summed E-state index contributed by atoms with van der Waals surface area (Å²) in [6.45, 7) is 3.62. The van der Waals surface area contributed by atoms with Crippen LogP contribution in [-0.4, -0.2) is 42.0 Å². The van der Waals surface area contributed by atoms with Crippen LogP contribution >= 0.6 is 0 Å². The van der Waals surface area contributed by atoms with Crippen molar-refractivity contribution in [3.05, 3.63) is 36.0 Å². The summed E-state index contributed by atoms with van der Waals surface area (Å²) in [5, 5.41) is 1.23. The van der Waals surface area contributed by atoms with E-state index >= 15 is 0 Å². The fourth-order valence-electron chi connectivity index (χ4n) is 4.04. The minimum Gasteiger partial charge on any atom is -0.469 e. The van der Waals surface area contributed by atoms with Crippen molar-refractivity contribution in [2.24, 2.45) is 5.41 Å². The smallest absolute Gasteiger partial charge is 0.305 e. The van der Waals surface area contributed by atoms with Crippen LogP contribution in [0.15, 0.2) is 30.5 Å². The number of nitrogens with one attached hydrogen (secondary N) is 1. The lowest BCUT2D eigenvalue weighted by atomic mass is 9.74. The molecule has 0 radical (unpaired) electrons. The van der Waals surface area contributed by atoms with Crippen LogP contribution in [-0.2, 0) is 20.7 Å². The molecule has 1 aliphatic rings. The number of fused-ring (bicyclic) bond motifs is 1. The number of carbonyl (C=O) groups is 2. The second-order valence-corrected chi connectivity index (χ2v) is 7.35. The molecule has 1 unspecified atom stereocenters. The van der Waals surface area contributed by atoms with Crippen LogP contribution in [0.4, 0.5) is 0 Å². The number of piperidine rings is 1. The molecule has 1 N–H and O–H groups in total. The Hall–Kier alpha value is -2.30. The number of aromatic amines is 1. The maximum absolute atomic E-state index is 12.4. The molecule has 5 nitrogen and oxygen atoms in total. The van der Waals surface area contributed by atoms with Gasteiger partial charge in [0.2, 0.25) is 5.91 Å². The van der Waals surface area contributed by atoms with Crippen LogP contribution in [0.1, 0.15) is 44.6 Å². The number of hydrogen-bond donors (Lipinski definition) is 1. The number of hydrogen-bond acceptors (Lipinski definition) is 3. The van der Waals surface area contributed by atoms with Gasteiger partial charge in [0.05, 0.1) is 7.11 Å². The van der Waals surface area contributed by atoms with E-state index in [1.54, 1.807) is 0 Å². The number of methoxy groups -OCH3 is 1. The number of H-pyrrole nitrogens is 1. The highest BCUT2D eigenvalue weighted by atomic mass is 16.5. The topological polar surface area (TPSA) is 62.4 Å². The second kappa shape index (κ2) is 7.94. The monoisotopic (exact) mass is 356 g/mol. The number of benzene rings is 1. The summed E-state index contributed by atoms with van der Waals surface area (Å²) in [6, 6.07) is 8.25. The Bertz CT molecular complexity index is 782. The third-order valence-electron chi connectivity index (χ3n) is 5.91. The largest absolute Gasteiger partial charge is 0.469 e. The van der Waals surface area contributed by atoms with Crippen LogP contribution in [0.25, 0.3) is 10.9 Å². The normalized spacial score (nSPS) is 20.5. The Morgan fingerprint density at radius 3 is 2.92 bits per heavy atom. The second-order valence-electron chi connectivity index (χ2n) is 7.35. The molecule has 5 heteroatoms. The van der Waals surface area contributed by atoms with E-state index in [4.69, 9.17) is 4.74 Å². The molecule has 1 saturated heterocycles. The third kappa shape index (κ3) is 3.92. The zero-order valence-electron chi connectivity index (χ0n) is 15.7. The lowest BCUT2D eigenvalue weighted by Gasteiger charge is -2.42. The molecule has 3 rings (SSSR count). The van der Waals surface area contributed by atoms with Gasteiger partial charge in [0.25, 0.3) is 0 Å². The fourth-order valence-corrected chi connectivity index (χ4v) is 4.04. The highest BCUT2D eigenvalue weighted by Crippen LogP contribution is 2.38. The van der Waals surface area contributed by atoms with Gasteiger partial charge in [-0.25, -0.2) is 0 Å². The summed E-state index contributed by atoms with van der Waals surface area (Å²) in [5.41, 5.74) is 2.41. The van der Waals surface area contributed by atoms with Gasteiger partial charge in [-0.3, -0.25) is 9.59 Å². The molecule has 0 bridgehead atoms. The minimum absolute atomic E-state index is 0.0301. The number of para-hydroxylation sites is 1. The molecule has 2 heterocycles. The van der Waals surface area contributed by atoms with Crippen molar-refractivity contribution in [3.8, 4) is 0 Å². The molecular weight excluding hydrogens is 328 g/mol. The van der Waals surface area contributed by atoms with E-state index in [0.717, 1.165) is 44.3 Å². The lowest BCUT2D eigenvalue weighted by molar-refractivity contribution is -0.142. The fraction of sp³-hybridized carbons (Fsp3) is 0.524. The maximum atomic E-state index is 12.4. The van der Waals surface area contributed by atoms with Crippen molar-refractivity contribution in [1.29, 1.82) is 0 Å². The summed E-state index contributed by atoms with van der Waals surface area (Å²) in [6.07, 6.45) is 6.50. The minimum atomic E-state index is -0.167. The number of aromatic nitrogens is 1. The van der Waals surface area contributed by atoms with Gasteiger partial charge >= 0.3 is 5.97 Å². The molecule has 1 aromatic carbocycles. The van der Waals surface area contributed by atoms with Crippen LogP contribution < -0.4 is 0 Å². The van der Waals surface area contributed by atoms with Crippen LogP contribution in [0, 0.1) is 5.41 Å². The summed E-state index contributed by atoms with van der Waals surface area (Å²) < 4.78 is 4.79. The van der Waals surface area contributed by atoms with Crippen LogP contribution in [0.2, 0.25) is 0 Å². The molecule has 0 saturated carbocycles. The first kappa shape index (κ1) is 18.5. The maximum Gasteiger partial charge on any atom is 0.305 e. The van der Waals surface area contributed by atoms with Gasteiger partial charge in [-0.2, -0.15) is 0 Å². The average Bonchev–Trinajstić information content (AvgIpc) is 3.09. The first-order chi connectivity index (χ1) is 12.6. The quantitative estimate of drug-likeness (QED) is 0.770.